The van der Waals surface area contributed by atoms with E-state index in [1.807, 2.05) is 0 Å². The number of anilines is 2. The first-order valence-corrected chi connectivity index (χ1v) is 7.65. The van der Waals surface area contributed by atoms with Crippen molar-refractivity contribution in [3.8, 4) is 11.3 Å². The Morgan fingerprint density at radius 2 is 1.86 bits per heavy atom. The molecule has 104 valence electrons. The van der Waals surface area contributed by atoms with Crippen molar-refractivity contribution in [2.24, 2.45) is 0 Å². The molecule has 0 fully saturated rings. The van der Waals surface area contributed by atoms with Crippen LogP contribution in [0.5, 0.6) is 0 Å². The summed E-state index contributed by atoms with van der Waals surface area (Å²) in [5.41, 5.74) is 5.98. The molecule has 2 heteroatoms. The third kappa shape index (κ3) is 1.90. The molecular weight excluding hydrogens is 256 g/mol. The maximum Gasteiger partial charge on any atom is 0.0822 e. The topological polar surface area (TPSA) is 24.9 Å². The number of pyridine rings is 1. The fourth-order valence-corrected chi connectivity index (χ4v) is 3.17. The van der Waals surface area contributed by atoms with Gasteiger partial charge in [0.25, 0.3) is 0 Å². The largest absolute Gasteiger partial charge is 0.354 e. The van der Waals surface area contributed by atoms with Crippen molar-refractivity contribution >= 4 is 22.1 Å². The van der Waals surface area contributed by atoms with Gasteiger partial charge >= 0.3 is 0 Å². The zero-order valence-electron chi connectivity index (χ0n) is 12.2. The van der Waals surface area contributed by atoms with E-state index in [2.05, 4.69) is 60.9 Å². The van der Waals surface area contributed by atoms with Crippen LogP contribution in [0.2, 0.25) is 0 Å². The molecule has 0 aliphatic carbocycles. The van der Waals surface area contributed by atoms with E-state index in [4.69, 9.17) is 4.98 Å². The van der Waals surface area contributed by atoms with E-state index in [9.17, 15) is 0 Å². The number of rotatable bonds is 3. The van der Waals surface area contributed by atoms with E-state index in [0.29, 0.717) is 0 Å². The van der Waals surface area contributed by atoms with Crippen LogP contribution in [0.1, 0.15) is 25.3 Å². The summed E-state index contributed by atoms with van der Waals surface area (Å²) in [4.78, 5) is 4.79. The predicted molar refractivity (Wildman–Crippen MR) is 89.1 cm³/mol. The number of nitrogens with one attached hydrogen (secondary N) is 1. The summed E-state index contributed by atoms with van der Waals surface area (Å²) in [6.45, 7) is 2.23. The Kier molecular flexibility index (Phi) is 2.88. The molecule has 0 saturated carbocycles. The standard InChI is InChI=1S/C19H18N2/c1-2-3-7-13-12-20-19-15-8-4-5-10-16(15)21-17-11-6-9-14(13)18(17)19/h4-6,8-12,21H,2-3,7H2,1H3. The lowest BCUT2D eigenvalue weighted by Gasteiger charge is -2.22. The Balaban J connectivity index is 2.00. The van der Waals surface area contributed by atoms with Gasteiger partial charge in [0.15, 0.2) is 0 Å². The Bertz CT molecular complexity index is 821. The molecule has 2 nitrogen and oxygen atoms in total. The molecule has 0 spiro atoms. The number of unbranched alkanes of at least 4 members (excludes halogenated alkanes) is 1. The number of aromatic nitrogens is 1. The van der Waals surface area contributed by atoms with Crippen molar-refractivity contribution in [3.05, 3.63) is 54.2 Å². The summed E-state index contributed by atoms with van der Waals surface area (Å²) in [6.07, 6.45) is 5.60. The molecular formula is C19H18N2. The monoisotopic (exact) mass is 274 g/mol. The van der Waals surface area contributed by atoms with Gasteiger partial charge in [-0.1, -0.05) is 43.7 Å². The summed E-state index contributed by atoms with van der Waals surface area (Å²) >= 11 is 0. The molecule has 0 unspecified atom stereocenters. The van der Waals surface area contributed by atoms with Gasteiger partial charge < -0.3 is 5.32 Å². The van der Waals surface area contributed by atoms with E-state index < -0.39 is 0 Å². The summed E-state index contributed by atoms with van der Waals surface area (Å²) in [5.74, 6) is 0. The lowest BCUT2D eigenvalue weighted by molar-refractivity contribution is 0.796. The smallest absolute Gasteiger partial charge is 0.0822 e. The van der Waals surface area contributed by atoms with Crippen LogP contribution in [-0.4, -0.2) is 4.98 Å². The zero-order chi connectivity index (χ0) is 14.2. The number of hydrogen-bond donors (Lipinski definition) is 1. The third-order valence-electron chi connectivity index (χ3n) is 4.25. The van der Waals surface area contributed by atoms with Gasteiger partial charge in [-0.3, -0.25) is 4.98 Å². The van der Waals surface area contributed by atoms with Crippen molar-refractivity contribution in [3.63, 3.8) is 0 Å². The number of aryl methyl sites for hydroxylation is 1. The molecule has 0 radical (unpaired) electrons. The Morgan fingerprint density at radius 1 is 1.00 bits per heavy atom. The SMILES string of the molecule is CCCCc1cnc2c3c(cccc13)Nc1ccccc1-2. The second-order valence-corrected chi connectivity index (χ2v) is 5.63. The zero-order valence-corrected chi connectivity index (χ0v) is 12.2. The average Bonchev–Trinajstić information content (AvgIpc) is 2.54. The van der Waals surface area contributed by atoms with Gasteiger partial charge in [0.2, 0.25) is 0 Å². The van der Waals surface area contributed by atoms with Crippen molar-refractivity contribution in [2.75, 3.05) is 5.32 Å². The summed E-state index contributed by atoms with van der Waals surface area (Å²) in [7, 11) is 0. The van der Waals surface area contributed by atoms with Crippen LogP contribution in [0.4, 0.5) is 11.4 Å². The van der Waals surface area contributed by atoms with Crippen molar-refractivity contribution in [1.82, 2.24) is 4.98 Å². The number of hydrogen-bond acceptors (Lipinski definition) is 2. The van der Waals surface area contributed by atoms with Crippen LogP contribution < -0.4 is 5.32 Å². The molecule has 1 aromatic heterocycles. The molecule has 1 aliphatic heterocycles. The molecule has 0 amide bonds. The molecule has 3 aromatic rings. The van der Waals surface area contributed by atoms with E-state index in [-0.39, 0.29) is 0 Å². The fourth-order valence-electron chi connectivity index (χ4n) is 3.17. The van der Waals surface area contributed by atoms with Gasteiger partial charge in [-0.15, -0.1) is 0 Å². The minimum Gasteiger partial charge on any atom is -0.354 e. The van der Waals surface area contributed by atoms with Gasteiger partial charge in [-0.2, -0.15) is 0 Å². The van der Waals surface area contributed by atoms with E-state index in [0.717, 1.165) is 17.8 Å². The van der Waals surface area contributed by atoms with Gasteiger partial charge in [-0.25, -0.2) is 0 Å². The fraction of sp³-hybridized carbons (Fsp3) is 0.211. The number of para-hydroxylation sites is 1. The Morgan fingerprint density at radius 3 is 2.76 bits per heavy atom. The van der Waals surface area contributed by atoms with Crippen molar-refractivity contribution < 1.29 is 0 Å². The molecule has 0 bridgehead atoms. The quantitative estimate of drug-likeness (QED) is 0.548. The first kappa shape index (κ1) is 12.4. The predicted octanol–water partition coefficient (Wildman–Crippen LogP) is 5.30. The second kappa shape index (κ2) is 4.88. The van der Waals surface area contributed by atoms with Gasteiger partial charge in [0.1, 0.15) is 0 Å². The van der Waals surface area contributed by atoms with Crippen LogP contribution in [0.25, 0.3) is 22.0 Å². The molecule has 1 N–H and O–H groups in total. The minimum absolute atomic E-state index is 1.10. The van der Waals surface area contributed by atoms with E-state index in [1.165, 1.54) is 40.4 Å². The molecule has 2 heterocycles. The van der Waals surface area contributed by atoms with Crippen LogP contribution in [0.3, 0.4) is 0 Å². The van der Waals surface area contributed by atoms with E-state index in [1.54, 1.807) is 0 Å². The first-order chi connectivity index (χ1) is 10.4. The molecule has 1 aliphatic rings. The normalized spacial score (nSPS) is 12.0. The molecule has 0 atom stereocenters. The maximum atomic E-state index is 4.79. The average molecular weight is 274 g/mol. The maximum absolute atomic E-state index is 4.79. The Labute approximate surface area is 124 Å². The molecule has 2 aromatic carbocycles. The molecule has 4 rings (SSSR count). The van der Waals surface area contributed by atoms with Crippen LogP contribution in [0.15, 0.2) is 48.7 Å². The lowest BCUT2D eigenvalue weighted by atomic mass is 9.94. The van der Waals surface area contributed by atoms with Crippen molar-refractivity contribution in [1.29, 1.82) is 0 Å². The third-order valence-corrected chi connectivity index (χ3v) is 4.25. The number of nitrogens with zero attached hydrogens (tertiary/aromatic N) is 1. The number of benzene rings is 2. The number of fused-ring (bicyclic) bond motifs is 2. The highest BCUT2D eigenvalue weighted by atomic mass is 14.9. The van der Waals surface area contributed by atoms with Crippen molar-refractivity contribution in [2.45, 2.75) is 26.2 Å². The molecule has 0 saturated heterocycles. The highest BCUT2D eigenvalue weighted by Crippen LogP contribution is 2.43. The lowest BCUT2D eigenvalue weighted by Crippen LogP contribution is -2.04. The van der Waals surface area contributed by atoms with Gasteiger partial charge in [-0.05, 0) is 35.9 Å². The van der Waals surface area contributed by atoms with Crippen LogP contribution in [-0.2, 0) is 6.42 Å². The minimum atomic E-state index is 1.10. The highest BCUT2D eigenvalue weighted by Gasteiger charge is 2.19. The van der Waals surface area contributed by atoms with Gasteiger partial charge in [0, 0.05) is 28.5 Å². The Hall–Kier alpha value is -2.35. The summed E-state index contributed by atoms with van der Waals surface area (Å²) in [6, 6.07) is 14.9. The van der Waals surface area contributed by atoms with Crippen LogP contribution in [0, 0.1) is 0 Å². The van der Waals surface area contributed by atoms with E-state index >= 15 is 0 Å². The highest BCUT2D eigenvalue weighted by molar-refractivity contribution is 6.10. The molecule has 21 heavy (non-hydrogen) atoms. The first-order valence-electron chi connectivity index (χ1n) is 7.65. The summed E-state index contributed by atoms with van der Waals surface area (Å²) in [5, 5.41) is 6.16. The summed E-state index contributed by atoms with van der Waals surface area (Å²) < 4.78 is 0. The van der Waals surface area contributed by atoms with Gasteiger partial charge in [0.05, 0.1) is 5.69 Å². The van der Waals surface area contributed by atoms with Crippen LogP contribution >= 0.6 is 0 Å². The second-order valence-electron chi connectivity index (χ2n) is 5.63.